The lowest BCUT2D eigenvalue weighted by molar-refractivity contribution is -0.147. The average molecular weight is 238 g/mol. The molecule has 94 valence electrons. The summed E-state index contributed by atoms with van der Waals surface area (Å²) in [6.45, 7) is 0. The number of aliphatic hydroxyl groups excluding tert-OH is 1. The van der Waals surface area contributed by atoms with Crippen molar-refractivity contribution in [3.63, 3.8) is 0 Å². The first-order chi connectivity index (χ1) is 8.15. The zero-order valence-electron chi connectivity index (χ0n) is 9.85. The number of ketones is 1. The van der Waals surface area contributed by atoms with Crippen molar-refractivity contribution in [1.29, 1.82) is 0 Å². The molecule has 0 saturated heterocycles. The van der Waals surface area contributed by atoms with Gasteiger partial charge in [-0.2, -0.15) is 0 Å². The van der Waals surface area contributed by atoms with Crippen molar-refractivity contribution in [2.45, 2.75) is 57.2 Å². The van der Waals surface area contributed by atoms with Gasteiger partial charge in [-0.1, -0.05) is 6.08 Å². The van der Waals surface area contributed by atoms with E-state index in [4.69, 9.17) is 4.74 Å². The molecule has 4 nitrogen and oxygen atoms in total. The molecule has 0 radical (unpaired) electrons. The molecule has 0 aromatic rings. The first-order valence-electron chi connectivity index (χ1n) is 6.25. The number of rotatable bonds is 2. The van der Waals surface area contributed by atoms with Gasteiger partial charge in [0.15, 0.2) is 0 Å². The Morgan fingerprint density at radius 3 is 2.53 bits per heavy atom. The van der Waals surface area contributed by atoms with Crippen molar-refractivity contribution in [3.8, 4) is 0 Å². The van der Waals surface area contributed by atoms with Gasteiger partial charge in [0.25, 0.3) is 0 Å². The molecular formula is C13H18O4. The van der Waals surface area contributed by atoms with Gasteiger partial charge in [0.1, 0.15) is 11.9 Å². The topological polar surface area (TPSA) is 63.6 Å². The lowest BCUT2D eigenvalue weighted by atomic mass is 9.94. The van der Waals surface area contributed by atoms with Gasteiger partial charge >= 0.3 is 5.97 Å². The Balaban J connectivity index is 1.83. The van der Waals surface area contributed by atoms with Gasteiger partial charge in [-0.25, -0.2) is 4.79 Å². The van der Waals surface area contributed by atoms with Crippen molar-refractivity contribution >= 4 is 11.8 Å². The molecular weight excluding hydrogens is 220 g/mol. The summed E-state index contributed by atoms with van der Waals surface area (Å²) in [4.78, 5) is 22.8. The molecule has 0 spiro atoms. The predicted octanol–water partition coefficient (Wildman–Crippen LogP) is 1.51. The molecule has 0 aromatic heterocycles. The van der Waals surface area contributed by atoms with Crippen LogP contribution in [-0.2, 0) is 14.3 Å². The molecule has 1 N–H and O–H groups in total. The van der Waals surface area contributed by atoms with Crippen LogP contribution in [0.3, 0.4) is 0 Å². The number of Topliss-reactive ketones (excluding diaryl/α,β-unsaturated/α-hetero) is 1. The third-order valence-corrected chi connectivity index (χ3v) is 3.43. The van der Waals surface area contributed by atoms with Gasteiger partial charge in [0, 0.05) is 18.4 Å². The van der Waals surface area contributed by atoms with E-state index in [-0.39, 0.29) is 24.0 Å². The second-order valence-corrected chi connectivity index (χ2v) is 4.81. The van der Waals surface area contributed by atoms with E-state index in [1.807, 2.05) is 0 Å². The highest BCUT2D eigenvalue weighted by molar-refractivity contribution is 5.93. The van der Waals surface area contributed by atoms with Crippen LogP contribution in [0.4, 0.5) is 0 Å². The Hall–Kier alpha value is -1.16. The van der Waals surface area contributed by atoms with Gasteiger partial charge in [0.2, 0.25) is 0 Å². The van der Waals surface area contributed by atoms with Gasteiger partial charge in [-0.3, -0.25) is 4.79 Å². The normalized spacial score (nSPS) is 29.7. The number of carbonyl (C=O) groups is 2. The number of carbonyl (C=O) groups excluding carboxylic acids is 2. The van der Waals surface area contributed by atoms with Crippen LogP contribution in [0.15, 0.2) is 11.6 Å². The number of hydrogen-bond acceptors (Lipinski definition) is 4. The van der Waals surface area contributed by atoms with Gasteiger partial charge in [-0.15, -0.1) is 0 Å². The smallest absolute Gasteiger partial charge is 0.333 e. The second kappa shape index (κ2) is 5.45. The first kappa shape index (κ1) is 12.3. The van der Waals surface area contributed by atoms with Crippen molar-refractivity contribution in [2.75, 3.05) is 0 Å². The van der Waals surface area contributed by atoms with E-state index in [1.54, 1.807) is 6.08 Å². The molecule has 4 heteroatoms. The number of allylic oxidation sites excluding steroid dienone is 1. The Morgan fingerprint density at radius 1 is 1.24 bits per heavy atom. The molecule has 2 rings (SSSR count). The molecule has 0 aromatic carbocycles. The number of ether oxygens (including phenoxy) is 1. The Labute approximate surface area is 101 Å². The Morgan fingerprint density at radius 2 is 1.94 bits per heavy atom. The maximum Gasteiger partial charge on any atom is 0.333 e. The Bertz CT molecular complexity index is 337. The maximum absolute atomic E-state index is 11.8. The van der Waals surface area contributed by atoms with Crippen molar-refractivity contribution in [2.24, 2.45) is 0 Å². The maximum atomic E-state index is 11.8. The van der Waals surface area contributed by atoms with E-state index in [1.165, 1.54) is 0 Å². The summed E-state index contributed by atoms with van der Waals surface area (Å²) < 4.78 is 5.38. The summed E-state index contributed by atoms with van der Waals surface area (Å²) in [5.41, 5.74) is 0.635. The van der Waals surface area contributed by atoms with E-state index in [9.17, 15) is 14.7 Å². The molecule has 0 aliphatic heterocycles. The van der Waals surface area contributed by atoms with Crippen LogP contribution in [-0.4, -0.2) is 29.1 Å². The van der Waals surface area contributed by atoms with E-state index in [2.05, 4.69) is 0 Å². The lowest BCUT2D eigenvalue weighted by Gasteiger charge is -2.26. The molecule has 2 aliphatic rings. The molecule has 0 bridgehead atoms. The highest BCUT2D eigenvalue weighted by Crippen LogP contribution is 2.23. The molecule has 1 fully saturated rings. The van der Waals surface area contributed by atoms with E-state index in [0.29, 0.717) is 37.7 Å². The highest BCUT2D eigenvalue weighted by Gasteiger charge is 2.25. The van der Waals surface area contributed by atoms with E-state index in [0.717, 1.165) is 12.8 Å². The minimum absolute atomic E-state index is 0.0653. The third-order valence-electron chi connectivity index (χ3n) is 3.43. The van der Waals surface area contributed by atoms with Crippen LogP contribution >= 0.6 is 0 Å². The minimum atomic E-state index is -0.279. The van der Waals surface area contributed by atoms with Crippen LogP contribution in [0.5, 0.6) is 0 Å². The number of hydrogen-bond donors (Lipinski definition) is 1. The van der Waals surface area contributed by atoms with Gasteiger partial charge in [-0.05, 0) is 32.1 Å². The fourth-order valence-corrected chi connectivity index (χ4v) is 2.29. The predicted molar refractivity (Wildman–Crippen MR) is 61.3 cm³/mol. The van der Waals surface area contributed by atoms with E-state index >= 15 is 0 Å². The van der Waals surface area contributed by atoms with Crippen LogP contribution < -0.4 is 0 Å². The van der Waals surface area contributed by atoms with Crippen LogP contribution in [0, 0.1) is 0 Å². The van der Waals surface area contributed by atoms with Crippen LogP contribution in [0.1, 0.15) is 44.9 Å². The second-order valence-electron chi connectivity index (χ2n) is 4.81. The van der Waals surface area contributed by atoms with Crippen molar-refractivity contribution in [3.05, 3.63) is 11.6 Å². The monoisotopic (exact) mass is 238 g/mol. The minimum Gasteiger partial charge on any atom is -0.459 e. The van der Waals surface area contributed by atoms with Crippen LogP contribution in [0.2, 0.25) is 0 Å². The fraction of sp³-hybridized carbons (Fsp3) is 0.692. The average Bonchev–Trinajstić information content (AvgIpc) is 2.33. The molecule has 1 saturated carbocycles. The first-order valence-corrected chi connectivity index (χ1v) is 6.25. The summed E-state index contributed by atoms with van der Waals surface area (Å²) in [7, 11) is 0. The summed E-state index contributed by atoms with van der Waals surface area (Å²) in [5, 5.41) is 9.35. The SMILES string of the molecule is O=C1CC=C(C(=O)OC2CCC(O)CC2)CC1. The van der Waals surface area contributed by atoms with E-state index < -0.39 is 0 Å². The Kier molecular flexibility index (Phi) is 3.94. The van der Waals surface area contributed by atoms with Crippen molar-refractivity contribution in [1.82, 2.24) is 0 Å². The molecule has 0 atom stereocenters. The zero-order chi connectivity index (χ0) is 12.3. The van der Waals surface area contributed by atoms with Crippen molar-refractivity contribution < 1.29 is 19.4 Å². The molecule has 0 unspecified atom stereocenters. The highest BCUT2D eigenvalue weighted by atomic mass is 16.5. The summed E-state index contributed by atoms with van der Waals surface area (Å²) >= 11 is 0. The molecule has 17 heavy (non-hydrogen) atoms. The molecule has 0 amide bonds. The summed E-state index contributed by atoms with van der Waals surface area (Å²) in [6, 6.07) is 0. The fourth-order valence-electron chi connectivity index (χ4n) is 2.29. The standard InChI is InChI=1S/C13H18O4/c14-10-3-1-9(2-4-10)13(16)17-12-7-5-11(15)6-8-12/h1,11-12,15H,2-8H2. The number of esters is 1. The quantitative estimate of drug-likeness (QED) is 0.741. The molecule has 2 aliphatic carbocycles. The third kappa shape index (κ3) is 3.40. The lowest BCUT2D eigenvalue weighted by Crippen LogP contribution is -2.27. The largest absolute Gasteiger partial charge is 0.459 e. The zero-order valence-corrected chi connectivity index (χ0v) is 9.85. The van der Waals surface area contributed by atoms with Gasteiger partial charge < -0.3 is 9.84 Å². The molecule has 0 heterocycles. The summed E-state index contributed by atoms with van der Waals surface area (Å²) in [5.74, 6) is -0.0961. The number of aliphatic hydroxyl groups is 1. The van der Waals surface area contributed by atoms with Crippen LogP contribution in [0.25, 0.3) is 0 Å². The summed E-state index contributed by atoms with van der Waals surface area (Å²) in [6.07, 6.45) is 5.57. The van der Waals surface area contributed by atoms with Gasteiger partial charge in [0.05, 0.1) is 6.10 Å².